The summed E-state index contributed by atoms with van der Waals surface area (Å²) >= 11 is 0. The molecule has 0 aliphatic carbocycles. The Hall–Kier alpha value is -0.940. The van der Waals surface area contributed by atoms with Crippen molar-refractivity contribution < 1.29 is 12.8 Å². The summed E-state index contributed by atoms with van der Waals surface area (Å²) < 4.78 is 35.9. The van der Waals surface area contributed by atoms with Crippen LogP contribution < -0.4 is 5.32 Å². The lowest BCUT2D eigenvalue weighted by Crippen LogP contribution is -2.39. The number of benzene rings is 1. The predicted molar refractivity (Wildman–Crippen MR) is 69.7 cm³/mol. The van der Waals surface area contributed by atoms with Crippen molar-refractivity contribution in [3.63, 3.8) is 0 Å². The van der Waals surface area contributed by atoms with Gasteiger partial charge in [0.1, 0.15) is 5.82 Å². The molecule has 1 aromatic carbocycles. The minimum atomic E-state index is -2.88. The fourth-order valence-corrected chi connectivity index (χ4v) is 3.97. The minimum Gasteiger partial charge on any atom is -0.309 e. The first-order valence-corrected chi connectivity index (χ1v) is 7.97. The summed E-state index contributed by atoms with van der Waals surface area (Å²) in [6.45, 7) is 2.45. The molecule has 100 valence electrons. The molecule has 1 N–H and O–H groups in total. The van der Waals surface area contributed by atoms with E-state index in [-0.39, 0.29) is 17.6 Å². The van der Waals surface area contributed by atoms with Gasteiger partial charge in [0.25, 0.3) is 0 Å². The second-order valence-corrected chi connectivity index (χ2v) is 7.13. The van der Waals surface area contributed by atoms with E-state index in [2.05, 4.69) is 5.32 Å². The molecule has 18 heavy (non-hydrogen) atoms. The van der Waals surface area contributed by atoms with Gasteiger partial charge in [0.15, 0.2) is 9.84 Å². The van der Waals surface area contributed by atoms with Crippen LogP contribution in [-0.4, -0.2) is 26.0 Å². The van der Waals surface area contributed by atoms with Crippen molar-refractivity contribution >= 4 is 9.84 Å². The average molecular weight is 271 g/mol. The van der Waals surface area contributed by atoms with Crippen LogP contribution in [0.15, 0.2) is 18.2 Å². The van der Waals surface area contributed by atoms with Crippen molar-refractivity contribution in [3.05, 3.63) is 35.1 Å². The molecule has 1 saturated heterocycles. The van der Waals surface area contributed by atoms with Crippen LogP contribution in [0, 0.1) is 12.7 Å². The Balaban J connectivity index is 1.95. The Morgan fingerprint density at radius 3 is 2.89 bits per heavy atom. The third-order valence-electron chi connectivity index (χ3n) is 3.35. The van der Waals surface area contributed by atoms with Gasteiger partial charge in [-0.05, 0) is 43.0 Å². The van der Waals surface area contributed by atoms with Crippen LogP contribution in [-0.2, 0) is 16.4 Å². The molecular formula is C13H18FNO2S. The number of nitrogens with one attached hydrogen (secondary N) is 1. The minimum absolute atomic E-state index is 0.0215. The van der Waals surface area contributed by atoms with E-state index >= 15 is 0 Å². The monoisotopic (exact) mass is 271 g/mol. The molecule has 1 unspecified atom stereocenters. The molecule has 0 bridgehead atoms. The lowest BCUT2D eigenvalue weighted by molar-refractivity contribution is 0.479. The fraction of sp³-hybridized carbons (Fsp3) is 0.538. The highest BCUT2D eigenvalue weighted by Gasteiger charge is 2.24. The molecule has 0 aromatic heterocycles. The van der Waals surface area contributed by atoms with Gasteiger partial charge in [0.2, 0.25) is 0 Å². The molecule has 1 aliphatic rings. The smallest absolute Gasteiger partial charge is 0.151 e. The van der Waals surface area contributed by atoms with Gasteiger partial charge in [0, 0.05) is 12.6 Å². The second-order valence-electron chi connectivity index (χ2n) is 4.91. The third kappa shape index (κ3) is 3.53. The fourth-order valence-electron chi connectivity index (χ4n) is 2.30. The van der Waals surface area contributed by atoms with Gasteiger partial charge in [-0.25, -0.2) is 12.8 Å². The van der Waals surface area contributed by atoms with E-state index < -0.39 is 9.84 Å². The lowest BCUT2D eigenvalue weighted by Gasteiger charge is -2.23. The van der Waals surface area contributed by atoms with Crippen molar-refractivity contribution in [1.29, 1.82) is 0 Å². The third-order valence-corrected chi connectivity index (χ3v) is 5.17. The van der Waals surface area contributed by atoms with E-state index in [9.17, 15) is 12.8 Å². The van der Waals surface area contributed by atoms with Crippen molar-refractivity contribution in [3.8, 4) is 0 Å². The number of aryl methyl sites for hydroxylation is 1. The van der Waals surface area contributed by atoms with E-state index in [1.165, 1.54) is 12.1 Å². The summed E-state index contributed by atoms with van der Waals surface area (Å²) in [6, 6.07) is 4.69. The Bertz CT molecular complexity index is 528. The first kappa shape index (κ1) is 13.5. The first-order chi connectivity index (χ1) is 8.46. The van der Waals surface area contributed by atoms with E-state index in [1.807, 2.05) is 6.92 Å². The van der Waals surface area contributed by atoms with Crippen LogP contribution in [0.5, 0.6) is 0 Å². The summed E-state index contributed by atoms with van der Waals surface area (Å²) in [7, 11) is -2.88. The summed E-state index contributed by atoms with van der Waals surface area (Å²) in [6.07, 6.45) is 1.61. The summed E-state index contributed by atoms with van der Waals surface area (Å²) in [5.41, 5.74) is 1.90. The molecule has 1 heterocycles. The van der Waals surface area contributed by atoms with Crippen LogP contribution in [0.1, 0.15) is 24.0 Å². The van der Waals surface area contributed by atoms with Crippen molar-refractivity contribution in [2.24, 2.45) is 0 Å². The maximum Gasteiger partial charge on any atom is 0.151 e. The molecular weight excluding hydrogens is 253 g/mol. The summed E-state index contributed by atoms with van der Waals surface area (Å²) in [4.78, 5) is 0. The van der Waals surface area contributed by atoms with Crippen LogP contribution in [0.3, 0.4) is 0 Å². The maximum absolute atomic E-state index is 12.9. The van der Waals surface area contributed by atoms with Crippen LogP contribution in [0.25, 0.3) is 0 Å². The van der Waals surface area contributed by atoms with Gasteiger partial charge >= 0.3 is 0 Å². The molecule has 1 aromatic rings. The molecule has 0 amide bonds. The van der Waals surface area contributed by atoms with Crippen molar-refractivity contribution in [1.82, 2.24) is 5.32 Å². The van der Waals surface area contributed by atoms with Crippen molar-refractivity contribution in [2.45, 2.75) is 32.4 Å². The molecule has 0 saturated carbocycles. The SMILES string of the molecule is Cc1cc(F)ccc1CNC1CCCS(=O)(=O)C1. The van der Waals surface area contributed by atoms with Gasteiger partial charge in [-0.2, -0.15) is 0 Å². The topological polar surface area (TPSA) is 46.2 Å². The number of rotatable bonds is 3. The molecule has 5 heteroatoms. The average Bonchev–Trinajstić information content (AvgIpc) is 2.26. The maximum atomic E-state index is 12.9. The molecule has 1 atom stereocenters. The number of sulfone groups is 1. The molecule has 0 spiro atoms. The molecule has 1 fully saturated rings. The highest BCUT2D eigenvalue weighted by Crippen LogP contribution is 2.14. The van der Waals surface area contributed by atoms with E-state index in [0.717, 1.165) is 24.0 Å². The Morgan fingerprint density at radius 2 is 2.22 bits per heavy atom. The molecule has 2 rings (SSSR count). The van der Waals surface area contributed by atoms with Gasteiger partial charge in [-0.1, -0.05) is 6.07 Å². The highest BCUT2D eigenvalue weighted by atomic mass is 32.2. The standard InChI is InChI=1S/C13H18FNO2S/c1-10-7-12(14)5-4-11(10)8-15-13-3-2-6-18(16,17)9-13/h4-5,7,13,15H,2-3,6,8-9H2,1H3. The van der Waals surface area contributed by atoms with Crippen LogP contribution in [0.4, 0.5) is 4.39 Å². The van der Waals surface area contributed by atoms with Crippen LogP contribution >= 0.6 is 0 Å². The highest BCUT2D eigenvalue weighted by molar-refractivity contribution is 7.91. The molecule has 3 nitrogen and oxygen atoms in total. The zero-order valence-corrected chi connectivity index (χ0v) is 11.3. The molecule has 1 aliphatic heterocycles. The zero-order valence-electron chi connectivity index (χ0n) is 10.4. The number of hydrogen-bond donors (Lipinski definition) is 1. The number of hydrogen-bond acceptors (Lipinski definition) is 3. The largest absolute Gasteiger partial charge is 0.309 e. The van der Waals surface area contributed by atoms with E-state index in [0.29, 0.717) is 12.3 Å². The Morgan fingerprint density at radius 1 is 1.44 bits per heavy atom. The second kappa shape index (κ2) is 5.36. The Labute approximate surface area is 107 Å². The van der Waals surface area contributed by atoms with E-state index in [1.54, 1.807) is 6.07 Å². The van der Waals surface area contributed by atoms with Gasteiger partial charge < -0.3 is 5.32 Å². The van der Waals surface area contributed by atoms with Crippen molar-refractivity contribution in [2.75, 3.05) is 11.5 Å². The quantitative estimate of drug-likeness (QED) is 0.912. The van der Waals surface area contributed by atoms with E-state index in [4.69, 9.17) is 0 Å². The number of halogens is 1. The normalized spacial score (nSPS) is 22.9. The molecule has 0 radical (unpaired) electrons. The Kier molecular flexibility index (Phi) is 4.02. The van der Waals surface area contributed by atoms with Gasteiger partial charge in [-0.15, -0.1) is 0 Å². The van der Waals surface area contributed by atoms with Gasteiger partial charge in [-0.3, -0.25) is 0 Å². The lowest BCUT2D eigenvalue weighted by atomic mass is 10.1. The summed E-state index contributed by atoms with van der Waals surface area (Å²) in [5.74, 6) is 0.282. The van der Waals surface area contributed by atoms with Gasteiger partial charge in [0.05, 0.1) is 11.5 Å². The summed E-state index contributed by atoms with van der Waals surface area (Å²) in [5, 5.41) is 3.25. The van der Waals surface area contributed by atoms with Crippen LogP contribution in [0.2, 0.25) is 0 Å². The predicted octanol–water partition coefficient (Wildman–Crippen LogP) is 1.80. The first-order valence-electron chi connectivity index (χ1n) is 6.15. The zero-order chi connectivity index (χ0) is 13.2.